The predicted molar refractivity (Wildman–Crippen MR) is 71.5 cm³/mol. The number of aliphatic hydroxyl groups is 1. The number of halogens is 4. The zero-order valence-electron chi connectivity index (χ0n) is 11.1. The van der Waals surface area contributed by atoms with Gasteiger partial charge in [-0.25, -0.2) is 4.68 Å². The zero-order chi connectivity index (χ0) is 15.7. The van der Waals surface area contributed by atoms with Crippen molar-refractivity contribution in [2.75, 3.05) is 11.9 Å². The Balaban J connectivity index is 2.27. The van der Waals surface area contributed by atoms with Crippen molar-refractivity contribution in [2.24, 2.45) is 0 Å². The van der Waals surface area contributed by atoms with E-state index < -0.39 is 23.8 Å². The van der Waals surface area contributed by atoms with Gasteiger partial charge in [0.1, 0.15) is 11.6 Å². The summed E-state index contributed by atoms with van der Waals surface area (Å²) in [6.07, 6.45) is -0.220. The molecule has 1 fully saturated rings. The Labute approximate surface area is 123 Å². The second-order valence-corrected chi connectivity index (χ2v) is 5.60. The molecule has 0 atom stereocenters. The third-order valence-corrected chi connectivity index (χ3v) is 3.94. The van der Waals surface area contributed by atoms with Gasteiger partial charge in [-0.15, -0.1) is 0 Å². The molecule has 1 saturated carbocycles. The van der Waals surface area contributed by atoms with Crippen LogP contribution < -0.4 is 10.9 Å². The Bertz CT molecular complexity index is 568. The third-order valence-electron chi connectivity index (χ3n) is 3.58. The van der Waals surface area contributed by atoms with Gasteiger partial charge in [-0.2, -0.15) is 18.3 Å². The van der Waals surface area contributed by atoms with Crippen LogP contribution in [0.2, 0.25) is 5.02 Å². The number of rotatable bonds is 4. The Morgan fingerprint density at radius 3 is 2.57 bits per heavy atom. The summed E-state index contributed by atoms with van der Waals surface area (Å²) in [6, 6.07) is 0. The Hall–Kier alpha value is -1.28. The van der Waals surface area contributed by atoms with Gasteiger partial charge in [0.15, 0.2) is 0 Å². The molecule has 0 spiro atoms. The highest BCUT2D eigenvalue weighted by molar-refractivity contribution is 6.32. The van der Waals surface area contributed by atoms with Gasteiger partial charge in [-0.05, 0) is 12.8 Å². The summed E-state index contributed by atoms with van der Waals surface area (Å²) in [5.41, 5.74) is -1.45. The van der Waals surface area contributed by atoms with Gasteiger partial charge in [0.2, 0.25) is 0 Å². The van der Waals surface area contributed by atoms with Crippen LogP contribution >= 0.6 is 11.6 Å². The highest BCUT2D eigenvalue weighted by Crippen LogP contribution is 2.33. The molecule has 2 N–H and O–H groups in total. The minimum Gasteiger partial charge on any atom is -0.394 e. The molecule has 5 nitrogen and oxygen atoms in total. The first-order valence-electron chi connectivity index (χ1n) is 6.48. The molecular weight excluding hydrogens is 311 g/mol. The number of anilines is 1. The molecule has 21 heavy (non-hydrogen) atoms. The van der Waals surface area contributed by atoms with Crippen molar-refractivity contribution < 1.29 is 18.3 Å². The molecule has 1 heterocycles. The van der Waals surface area contributed by atoms with E-state index in [-0.39, 0.29) is 22.0 Å². The van der Waals surface area contributed by atoms with E-state index in [9.17, 15) is 23.1 Å². The van der Waals surface area contributed by atoms with Crippen molar-refractivity contribution in [3.63, 3.8) is 0 Å². The highest BCUT2D eigenvalue weighted by atomic mass is 35.5. The molecule has 0 aromatic carbocycles. The van der Waals surface area contributed by atoms with Crippen molar-refractivity contribution >= 4 is 17.3 Å². The first kappa shape index (κ1) is 16.1. The molecular formula is C12H15ClF3N3O2. The fourth-order valence-corrected chi connectivity index (χ4v) is 2.69. The molecule has 1 aromatic rings. The maximum absolute atomic E-state index is 12.3. The highest BCUT2D eigenvalue weighted by Gasteiger charge is 2.34. The fraction of sp³-hybridized carbons (Fsp3) is 0.667. The van der Waals surface area contributed by atoms with E-state index in [4.69, 9.17) is 11.6 Å². The maximum Gasteiger partial charge on any atom is 0.408 e. The summed E-state index contributed by atoms with van der Waals surface area (Å²) >= 11 is 5.84. The van der Waals surface area contributed by atoms with Crippen LogP contribution in [0.4, 0.5) is 18.9 Å². The maximum atomic E-state index is 12.3. The SMILES string of the molecule is O=c1c(Cl)c(NC2(CO)CCCC2)cnn1CC(F)(F)F. The lowest BCUT2D eigenvalue weighted by Gasteiger charge is -2.29. The number of aromatic nitrogens is 2. The molecule has 9 heteroatoms. The van der Waals surface area contributed by atoms with Crippen molar-refractivity contribution in [3.05, 3.63) is 21.6 Å². The molecule has 1 aromatic heterocycles. The zero-order valence-corrected chi connectivity index (χ0v) is 11.8. The molecule has 0 radical (unpaired) electrons. The second-order valence-electron chi connectivity index (χ2n) is 5.22. The lowest BCUT2D eigenvalue weighted by Crippen LogP contribution is -2.40. The van der Waals surface area contributed by atoms with E-state index in [1.54, 1.807) is 0 Å². The average molecular weight is 326 g/mol. The van der Waals surface area contributed by atoms with Gasteiger partial charge < -0.3 is 10.4 Å². The van der Waals surface area contributed by atoms with Crippen LogP contribution in [0.15, 0.2) is 11.0 Å². The molecule has 1 aliphatic carbocycles. The van der Waals surface area contributed by atoms with Gasteiger partial charge in [0.05, 0.1) is 24.0 Å². The van der Waals surface area contributed by atoms with E-state index in [2.05, 4.69) is 10.4 Å². The van der Waals surface area contributed by atoms with Crippen LogP contribution in [-0.4, -0.2) is 33.2 Å². The molecule has 0 saturated heterocycles. The summed E-state index contributed by atoms with van der Waals surface area (Å²) < 4.78 is 37.2. The van der Waals surface area contributed by atoms with Gasteiger partial charge in [-0.3, -0.25) is 4.79 Å². The summed E-state index contributed by atoms with van der Waals surface area (Å²) in [5, 5.41) is 15.6. The number of alkyl halides is 3. The minimum absolute atomic E-state index is 0.144. The third kappa shape index (κ3) is 3.68. The van der Waals surface area contributed by atoms with Crippen LogP contribution in [0.5, 0.6) is 0 Å². The number of nitrogens with one attached hydrogen (secondary N) is 1. The predicted octanol–water partition coefficient (Wildman–Crippen LogP) is 2.18. The Morgan fingerprint density at radius 1 is 1.43 bits per heavy atom. The normalized spacial score (nSPS) is 18.0. The lowest BCUT2D eigenvalue weighted by molar-refractivity contribution is -0.143. The topological polar surface area (TPSA) is 67.2 Å². The van der Waals surface area contributed by atoms with Crippen LogP contribution in [0, 0.1) is 0 Å². The van der Waals surface area contributed by atoms with Gasteiger partial charge >= 0.3 is 6.18 Å². The van der Waals surface area contributed by atoms with Crippen LogP contribution in [-0.2, 0) is 6.54 Å². The Kier molecular flexibility index (Phi) is 4.48. The van der Waals surface area contributed by atoms with E-state index in [0.29, 0.717) is 12.8 Å². The first-order valence-corrected chi connectivity index (χ1v) is 6.86. The summed E-state index contributed by atoms with van der Waals surface area (Å²) in [4.78, 5) is 11.8. The molecule has 118 valence electrons. The van der Waals surface area contributed by atoms with Crippen LogP contribution in [0.25, 0.3) is 0 Å². The summed E-state index contributed by atoms with van der Waals surface area (Å²) in [5.74, 6) is 0. The smallest absolute Gasteiger partial charge is 0.394 e. The quantitative estimate of drug-likeness (QED) is 0.890. The number of aliphatic hydroxyl groups excluding tert-OH is 1. The van der Waals surface area contributed by atoms with Crippen molar-refractivity contribution in [1.29, 1.82) is 0 Å². The van der Waals surface area contributed by atoms with Crippen molar-refractivity contribution in [3.8, 4) is 0 Å². The van der Waals surface area contributed by atoms with Gasteiger partial charge in [0, 0.05) is 0 Å². The molecule has 1 aliphatic rings. The number of hydrogen-bond donors (Lipinski definition) is 2. The summed E-state index contributed by atoms with van der Waals surface area (Å²) in [7, 11) is 0. The first-order chi connectivity index (χ1) is 9.76. The van der Waals surface area contributed by atoms with Crippen LogP contribution in [0.3, 0.4) is 0 Å². The van der Waals surface area contributed by atoms with E-state index in [1.165, 1.54) is 0 Å². The van der Waals surface area contributed by atoms with E-state index >= 15 is 0 Å². The number of nitrogens with zero attached hydrogens (tertiary/aromatic N) is 2. The van der Waals surface area contributed by atoms with Gasteiger partial charge in [0.25, 0.3) is 5.56 Å². The molecule has 0 bridgehead atoms. The standard InChI is InChI=1S/C12H15ClF3N3O2/c13-9-8(18-11(7-20)3-1-2-4-11)5-17-19(10(9)21)6-12(14,15)16/h5,18,20H,1-4,6-7H2. The minimum atomic E-state index is -4.55. The molecule has 0 amide bonds. The molecule has 2 rings (SSSR count). The number of hydrogen-bond acceptors (Lipinski definition) is 4. The summed E-state index contributed by atoms with van der Waals surface area (Å²) in [6.45, 7) is -1.63. The van der Waals surface area contributed by atoms with E-state index in [0.717, 1.165) is 19.0 Å². The van der Waals surface area contributed by atoms with Crippen molar-refractivity contribution in [1.82, 2.24) is 9.78 Å². The fourth-order valence-electron chi connectivity index (χ4n) is 2.49. The lowest BCUT2D eigenvalue weighted by atomic mass is 9.99. The van der Waals surface area contributed by atoms with Crippen molar-refractivity contribution in [2.45, 2.75) is 43.9 Å². The van der Waals surface area contributed by atoms with Gasteiger partial charge in [-0.1, -0.05) is 24.4 Å². The van der Waals surface area contributed by atoms with E-state index in [1.807, 2.05) is 0 Å². The molecule has 0 aliphatic heterocycles. The molecule has 0 unspecified atom stereocenters. The van der Waals surface area contributed by atoms with Crippen LogP contribution in [0.1, 0.15) is 25.7 Å². The Morgan fingerprint density at radius 2 is 2.05 bits per heavy atom. The monoisotopic (exact) mass is 325 g/mol. The average Bonchev–Trinajstić information content (AvgIpc) is 2.86. The second kappa shape index (κ2) is 5.84. The largest absolute Gasteiger partial charge is 0.408 e.